The van der Waals surface area contributed by atoms with Crippen molar-refractivity contribution in [3.63, 3.8) is 0 Å². The van der Waals surface area contributed by atoms with Crippen LogP contribution in [0, 0.1) is 5.92 Å². The second-order valence-corrected chi connectivity index (χ2v) is 6.90. The molecule has 0 bridgehead atoms. The summed E-state index contributed by atoms with van der Waals surface area (Å²) in [5.74, 6) is 1.24. The second-order valence-electron chi connectivity index (χ2n) is 6.90. The number of rotatable bonds is 6. The maximum Gasteiger partial charge on any atom is 0.268 e. The van der Waals surface area contributed by atoms with Crippen LogP contribution in [0.1, 0.15) is 18.4 Å². The molecule has 2 aromatic rings. The molecule has 2 heterocycles. The number of carbonyl (C=O) groups excluding carboxylic acids is 1. The van der Waals surface area contributed by atoms with E-state index in [2.05, 4.69) is 15.3 Å². The highest BCUT2D eigenvalue weighted by atomic mass is 16.5. The predicted octanol–water partition coefficient (Wildman–Crippen LogP) is 1.33. The van der Waals surface area contributed by atoms with Gasteiger partial charge < -0.3 is 19.7 Å². The fourth-order valence-electron chi connectivity index (χ4n) is 3.36. The second kappa shape index (κ2) is 8.77. The monoisotopic (exact) mass is 386 g/mol. The number of hydrogen-bond acceptors (Lipinski definition) is 6. The fraction of sp³-hybridized carbons (Fsp3) is 0.450. The third kappa shape index (κ3) is 4.62. The van der Waals surface area contributed by atoms with Gasteiger partial charge in [0.1, 0.15) is 11.5 Å². The first-order valence-electron chi connectivity index (χ1n) is 9.28. The summed E-state index contributed by atoms with van der Waals surface area (Å²) in [6, 6.07) is 7.11. The highest BCUT2D eigenvalue weighted by Gasteiger charge is 2.26. The van der Waals surface area contributed by atoms with Gasteiger partial charge >= 0.3 is 0 Å². The molecule has 1 amide bonds. The van der Waals surface area contributed by atoms with Gasteiger partial charge in [-0.3, -0.25) is 9.59 Å². The smallest absolute Gasteiger partial charge is 0.268 e. The van der Waals surface area contributed by atoms with E-state index in [-0.39, 0.29) is 17.4 Å². The molecule has 1 fully saturated rings. The summed E-state index contributed by atoms with van der Waals surface area (Å²) in [6.45, 7) is 1.78. The molecule has 0 aliphatic carbocycles. The average Bonchev–Trinajstić information content (AvgIpc) is 2.73. The van der Waals surface area contributed by atoms with Crippen LogP contribution in [0.15, 0.2) is 35.3 Å². The van der Waals surface area contributed by atoms with Gasteiger partial charge in [-0.05, 0) is 30.5 Å². The number of ether oxygens (including phenoxy) is 2. The van der Waals surface area contributed by atoms with Gasteiger partial charge in [-0.25, -0.2) is 4.68 Å². The summed E-state index contributed by atoms with van der Waals surface area (Å²) >= 11 is 0. The first-order valence-corrected chi connectivity index (χ1v) is 9.28. The van der Waals surface area contributed by atoms with Crippen LogP contribution in [0.5, 0.6) is 11.5 Å². The Hall–Kier alpha value is -3.03. The van der Waals surface area contributed by atoms with Crippen LogP contribution in [0.2, 0.25) is 0 Å². The number of benzene rings is 1. The molecule has 1 aromatic carbocycles. The van der Waals surface area contributed by atoms with Crippen LogP contribution < -0.4 is 25.2 Å². The molecule has 28 heavy (non-hydrogen) atoms. The van der Waals surface area contributed by atoms with Crippen LogP contribution in [0.3, 0.4) is 0 Å². The maximum atomic E-state index is 12.7. The number of carbonyl (C=O) groups is 1. The van der Waals surface area contributed by atoms with Crippen molar-refractivity contribution >= 4 is 11.6 Å². The minimum absolute atomic E-state index is 0.00304. The van der Waals surface area contributed by atoms with E-state index in [0.29, 0.717) is 24.6 Å². The molecular formula is C20H26N4O4. The van der Waals surface area contributed by atoms with E-state index in [1.54, 1.807) is 39.6 Å². The van der Waals surface area contributed by atoms with Gasteiger partial charge in [-0.15, -0.1) is 0 Å². The minimum Gasteiger partial charge on any atom is -0.497 e. The van der Waals surface area contributed by atoms with Crippen molar-refractivity contribution in [3.05, 3.63) is 46.4 Å². The van der Waals surface area contributed by atoms with Gasteiger partial charge in [0, 0.05) is 38.8 Å². The van der Waals surface area contributed by atoms with Crippen molar-refractivity contribution in [2.24, 2.45) is 13.0 Å². The number of amides is 1. The van der Waals surface area contributed by atoms with E-state index < -0.39 is 0 Å². The zero-order valence-corrected chi connectivity index (χ0v) is 16.5. The van der Waals surface area contributed by atoms with E-state index >= 15 is 0 Å². The topological polar surface area (TPSA) is 85.7 Å². The Morgan fingerprint density at radius 2 is 1.93 bits per heavy atom. The molecule has 0 saturated carbocycles. The Morgan fingerprint density at radius 3 is 2.57 bits per heavy atom. The van der Waals surface area contributed by atoms with Gasteiger partial charge in [0.05, 0.1) is 32.0 Å². The van der Waals surface area contributed by atoms with Gasteiger partial charge in [0.2, 0.25) is 5.91 Å². The Bertz CT molecular complexity index is 874. The third-order valence-corrected chi connectivity index (χ3v) is 4.99. The van der Waals surface area contributed by atoms with Crippen molar-refractivity contribution in [1.29, 1.82) is 0 Å². The molecule has 0 spiro atoms. The average molecular weight is 386 g/mol. The van der Waals surface area contributed by atoms with Crippen LogP contribution >= 0.6 is 0 Å². The summed E-state index contributed by atoms with van der Waals surface area (Å²) in [5.41, 5.74) is 1.52. The zero-order valence-electron chi connectivity index (χ0n) is 16.5. The van der Waals surface area contributed by atoms with Gasteiger partial charge in [0.15, 0.2) is 0 Å². The van der Waals surface area contributed by atoms with E-state index in [9.17, 15) is 9.59 Å². The van der Waals surface area contributed by atoms with Crippen molar-refractivity contribution in [2.45, 2.75) is 19.4 Å². The first kappa shape index (κ1) is 19.7. The summed E-state index contributed by atoms with van der Waals surface area (Å²) in [6.07, 6.45) is 3.38. The Balaban J connectivity index is 1.62. The molecule has 1 atom stereocenters. The molecule has 8 nitrogen and oxygen atoms in total. The minimum atomic E-state index is -0.156. The number of nitrogens with one attached hydrogen (secondary N) is 1. The fourth-order valence-corrected chi connectivity index (χ4v) is 3.36. The predicted molar refractivity (Wildman–Crippen MR) is 106 cm³/mol. The molecule has 1 aliphatic rings. The quantitative estimate of drug-likeness (QED) is 0.806. The largest absolute Gasteiger partial charge is 0.497 e. The molecule has 8 heteroatoms. The molecule has 1 unspecified atom stereocenters. The zero-order chi connectivity index (χ0) is 20.1. The number of methoxy groups -OCH3 is 2. The molecule has 1 aliphatic heterocycles. The SMILES string of the molecule is COc1cc(CNC(=O)C2CCCN(c3cnn(C)c(=O)c3)C2)cc(OC)c1. The van der Waals surface area contributed by atoms with E-state index in [1.165, 1.54) is 4.68 Å². The molecular weight excluding hydrogens is 360 g/mol. The number of hydrogen-bond donors (Lipinski definition) is 1. The number of anilines is 1. The van der Waals surface area contributed by atoms with Crippen molar-refractivity contribution in [1.82, 2.24) is 15.1 Å². The standard InChI is InChI=1S/C20H26N4O4/c1-23-19(25)9-16(12-22-23)24-6-4-5-15(13-24)20(26)21-11-14-7-17(27-2)10-18(8-14)28-3/h7-10,12,15H,4-6,11,13H2,1-3H3,(H,21,26). The lowest BCUT2D eigenvalue weighted by atomic mass is 9.96. The highest BCUT2D eigenvalue weighted by molar-refractivity contribution is 5.79. The van der Waals surface area contributed by atoms with E-state index in [4.69, 9.17) is 9.47 Å². The number of nitrogens with zero attached hydrogens (tertiary/aromatic N) is 3. The van der Waals surface area contributed by atoms with Gasteiger partial charge in [0.25, 0.3) is 5.56 Å². The number of aryl methyl sites for hydroxylation is 1. The molecule has 1 N–H and O–H groups in total. The molecule has 150 valence electrons. The normalized spacial score (nSPS) is 16.5. The Kier molecular flexibility index (Phi) is 6.18. The van der Waals surface area contributed by atoms with Gasteiger partial charge in [-0.2, -0.15) is 5.10 Å². The molecule has 1 saturated heterocycles. The summed E-state index contributed by atoms with van der Waals surface area (Å²) in [5, 5.41) is 7.08. The summed E-state index contributed by atoms with van der Waals surface area (Å²) in [4.78, 5) is 26.6. The lowest BCUT2D eigenvalue weighted by molar-refractivity contribution is -0.125. The first-order chi connectivity index (χ1) is 13.5. The van der Waals surface area contributed by atoms with Crippen molar-refractivity contribution in [3.8, 4) is 11.5 Å². The lowest BCUT2D eigenvalue weighted by Crippen LogP contribution is -2.43. The number of aromatic nitrogens is 2. The van der Waals surface area contributed by atoms with Crippen molar-refractivity contribution < 1.29 is 14.3 Å². The van der Waals surface area contributed by atoms with Crippen LogP contribution in [-0.4, -0.2) is 43.0 Å². The van der Waals surface area contributed by atoms with Crippen LogP contribution in [0.25, 0.3) is 0 Å². The Labute approximate surface area is 164 Å². The van der Waals surface area contributed by atoms with E-state index in [1.807, 2.05) is 12.1 Å². The molecule has 1 aromatic heterocycles. The third-order valence-electron chi connectivity index (χ3n) is 4.99. The molecule has 0 radical (unpaired) electrons. The summed E-state index contributed by atoms with van der Waals surface area (Å²) in [7, 11) is 4.81. The number of piperidine rings is 1. The molecule has 3 rings (SSSR count). The van der Waals surface area contributed by atoms with E-state index in [0.717, 1.165) is 30.6 Å². The van der Waals surface area contributed by atoms with Crippen LogP contribution in [-0.2, 0) is 18.4 Å². The lowest BCUT2D eigenvalue weighted by Gasteiger charge is -2.33. The van der Waals surface area contributed by atoms with Crippen molar-refractivity contribution in [2.75, 3.05) is 32.2 Å². The Morgan fingerprint density at radius 1 is 1.21 bits per heavy atom. The summed E-state index contributed by atoms with van der Waals surface area (Å²) < 4.78 is 11.8. The maximum absolute atomic E-state index is 12.7. The highest BCUT2D eigenvalue weighted by Crippen LogP contribution is 2.24. The van der Waals surface area contributed by atoms with Gasteiger partial charge in [-0.1, -0.05) is 0 Å². The van der Waals surface area contributed by atoms with Crippen LogP contribution in [0.4, 0.5) is 5.69 Å².